The minimum atomic E-state index is -3.83. The van der Waals surface area contributed by atoms with Crippen LogP contribution in [0.4, 0.5) is 5.95 Å². The van der Waals surface area contributed by atoms with Gasteiger partial charge in [-0.1, -0.05) is 36.4 Å². The Labute approximate surface area is 176 Å². The molecule has 0 radical (unpaired) electrons. The molecular weight excluding hydrogens is 422 g/mol. The van der Waals surface area contributed by atoms with Crippen molar-refractivity contribution in [2.75, 3.05) is 5.32 Å². The third-order valence-electron chi connectivity index (χ3n) is 5.11. The van der Waals surface area contributed by atoms with Gasteiger partial charge in [0.05, 0.1) is 0 Å². The Bertz CT molecular complexity index is 1330. The second-order valence-electron chi connectivity index (χ2n) is 6.91. The summed E-state index contributed by atoms with van der Waals surface area (Å²) in [5.74, 6) is -0.189. The van der Waals surface area contributed by atoms with Crippen molar-refractivity contribution in [1.29, 1.82) is 0 Å². The standard InChI is InChI=1S/C20H17N5O3S2/c26-19(21-20-23-22-17-8-3-4-10-24(17)20)16-12-14-6-1-2-7-15(14)13-25(16)30(27,28)18-9-5-11-29-18/h1-11,16H,12-13H2,(H,21,23,26)/t16-/m0/s1. The monoisotopic (exact) mass is 439 g/mol. The summed E-state index contributed by atoms with van der Waals surface area (Å²) in [5.41, 5.74) is 2.45. The van der Waals surface area contributed by atoms with E-state index in [1.165, 1.54) is 4.31 Å². The number of carbonyl (C=O) groups is 1. The van der Waals surface area contributed by atoms with E-state index in [9.17, 15) is 13.2 Å². The zero-order valence-corrected chi connectivity index (χ0v) is 17.3. The number of pyridine rings is 1. The number of amides is 1. The minimum absolute atomic E-state index is 0.134. The summed E-state index contributed by atoms with van der Waals surface area (Å²) in [6, 6.07) is 15.3. The highest BCUT2D eigenvalue weighted by Gasteiger charge is 2.40. The van der Waals surface area contributed by atoms with Crippen molar-refractivity contribution in [3.63, 3.8) is 0 Å². The molecule has 1 aliphatic heterocycles. The van der Waals surface area contributed by atoms with Crippen LogP contribution in [0.1, 0.15) is 11.1 Å². The lowest BCUT2D eigenvalue weighted by molar-refractivity contribution is -0.120. The van der Waals surface area contributed by atoms with Crippen LogP contribution in [-0.2, 0) is 27.8 Å². The van der Waals surface area contributed by atoms with E-state index in [4.69, 9.17) is 0 Å². The third-order valence-corrected chi connectivity index (χ3v) is 8.34. The van der Waals surface area contributed by atoms with Crippen molar-refractivity contribution in [3.8, 4) is 0 Å². The lowest BCUT2D eigenvalue weighted by Gasteiger charge is -2.34. The first-order valence-corrected chi connectivity index (χ1v) is 11.6. The number of anilines is 1. The predicted octanol–water partition coefficient (Wildman–Crippen LogP) is 2.55. The third kappa shape index (κ3) is 3.18. The van der Waals surface area contributed by atoms with Gasteiger partial charge in [-0.05, 0) is 41.1 Å². The maximum atomic E-state index is 13.3. The number of aromatic nitrogens is 3. The fourth-order valence-corrected chi connectivity index (χ4v) is 6.31. The molecule has 10 heteroatoms. The first kappa shape index (κ1) is 18.9. The van der Waals surface area contributed by atoms with Crippen molar-refractivity contribution in [3.05, 3.63) is 77.3 Å². The fourth-order valence-electron chi connectivity index (χ4n) is 3.62. The summed E-state index contributed by atoms with van der Waals surface area (Å²) in [7, 11) is -3.83. The zero-order valence-electron chi connectivity index (χ0n) is 15.7. The van der Waals surface area contributed by atoms with E-state index in [1.807, 2.05) is 30.3 Å². The molecule has 1 aromatic carbocycles. The summed E-state index contributed by atoms with van der Waals surface area (Å²) < 4.78 is 29.8. The van der Waals surface area contributed by atoms with Gasteiger partial charge in [0.25, 0.3) is 10.0 Å². The molecule has 152 valence electrons. The van der Waals surface area contributed by atoms with E-state index in [0.29, 0.717) is 5.65 Å². The van der Waals surface area contributed by atoms with Gasteiger partial charge in [0, 0.05) is 12.7 Å². The quantitative estimate of drug-likeness (QED) is 0.527. The highest BCUT2D eigenvalue weighted by Crippen LogP contribution is 2.31. The number of fused-ring (bicyclic) bond motifs is 2. The molecule has 4 heterocycles. The van der Waals surface area contributed by atoms with Gasteiger partial charge in [-0.25, -0.2) is 8.42 Å². The molecule has 30 heavy (non-hydrogen) atoms. The number of nitrogens with zero attached hydrogens (tertiary/aromatic N) is 4. The molecule has 8 nitrogen and oxygen atoms in total. The summed E-state index contributed by atoms with van der Waals surface area (Å²) in [6.07, 6.45) is 2.02. The molecule has 5 rings (SSSR count). The molecule has 0 bridgehead atoms. The van der Waals surface area contributed by atoms with Crippen molar-refractivity contribution >= 4 is 38.9 Å². The lowest BCUT2D eigenvalue weighted by Crippen LogP contribution is -2.50. The normalized spacial score (nSPS) is 17.0. The second-order valence-corrected chi connectivity index (χ2v) is 9.98. The van der Waals surface area contributed by atoms with Crippen LogP contribution in [-0.4, -0.2) is 39.3 Å². The summed E-state index contributed by atoms with van der Waals surface area (Å²) in [5, 5.41) is 12.5. The van der Waals surface area contributed by atoms with Crippen LogP contribution in [0.15, 0.2) is 70.4 Å². The Kier molecular flexibility index (Phi) is 4.61. The van der Waals surface area contributed by atoms with Gasteiger partial charge in [-0.15, -0.1) is 21.5 Å². The minimum Gasteiger partial charge on any atom is -0.293 e. The van der Waals surface area contributed by atoms with Gasteiger partial charge in [0.2, 0.25) is 11.9 Å². The average Bonchev–Trinajstić information content (AvgIpc) is 3.44. The number of hydrogen-bond donors (Lipinski definition) is 1. The van der Waals surface area contributed by atoms with E-state index < -0.39 is 22.0 Å². The highest BCUT2D eigenvalue weighted by molar-refractivity contribution is 7.91. The number of nitrogens with one attached hydrogen (secondary N) is 1. The molecule has 1 aliphatic rings. The molecule has 0 spiro atoms. The maximum absolute atomic E-state index is 13.3. The van der Waals surface area contributed by atoms with Crippen LogP contribution < -0.4 is 5.32 Å². The molecule has 0 saturated heterocycles. The fraction of sp³-hybridized carbons (Fsp3) is 0.150. The predicted molar refractivity (Wildman–Crippen MR) is 113 cm³/mol. The number of carbonyl (C=O) groups excluding carboxylic acids is 1. The van der Waals surface area contributed by atoms with Gasteiger partial charge in [0.1, 0.15) is 10.3 Å². The molecule has 0 fully saturated rings. The molecule has 0 aliphatic carbocycles. The van der Waals surface area contributed by atoms with E-state index in [-0.39, 0.29) is 23.1 Å². The molecule has 1 N–H and O–H groups in total. The van der Waals surface area contributed by atoms with E-state index >= 15 is 0 Å². The first-order valence-electron chi connectivity index (χ1n) is 9.27. The van der Waals surface area contributed by atoms with Crippen molar-refractivity contribution in [2.24, 2.45) is 0 Å². The Hall–Kier alpha value is -3.08. The first-order chi connectivity index (χ1) is 14.5. The highest BCUT2D eigenvalue weighted by atomic mass is 32.2. The number of sulfonamides is 1. The van der Waals surface area contributed by atoms with Crippen molar-refractivity contribution in [1.82, 2.24) is 18.9 Å². The molecule has 3 aromatic heterocycles. The Morgan fingerprint density at radius 1 is 1.03 bits per heavy atom. The van der Waals surface area contributed by atoms with Crippen molar-refractivity contribution < 1.29 is 13.2 Å². The Morgan fingerprint density at radius 3 is 2.63 bits per heavy atom. The summed E-state index contributed by atoms with van der Waals surface area (Å²) in [4.78, 5) is 13.3. The van der Waals surface area contributed by atoms with Crippen LogP contribution in [0.3, 0.4) is 0 Å². The van der Waals surface area contributed by atoms with Gasteiger partial charge in [0.15, 0.2) is 5.65 Å². The van der Waals surface area contributed by atoms with Crippen LogP contribution in [0.25, 0.3) is 5.65 Å². The number of thiophene rings is 1. The average molecular weight is 440 g/mol. The number of rotatable bonds is 4. The van der Waals surface area contributed by atoms with Gasteiger partial charge in [-0.3, -0.25) is 14.5 Å². The number of hydrogen-bond acceptors (Lipinski definition) is 6. The Balaban J connectivity index is 1.52. The van der Waals surface area contributed by atoms with Gasteiger partial charge >= 0.3 is 0 Å². The van der Waals surface area contributed by atoms with Crippen LogP contribution in [0.5, 0.6) is 0 Å². The SMILES string of the molecule is O=C(Nc1nnc2ccccn12)[C@@H]1Cc2ccccc2CN1S(=O)(=O)c1cccs1. The van der Waals surface area contributed by atoms with Gasteiger partial charge in [-0.2, -0.15) is 4.31 Å². The Morgan fingerprint density at radius 2 is 1.83 bits per heavy atom. The molecular formula is C20H17N5O3S2. The van der Waals surface area contributed by atoms with Crippen molar-refractivity contribution in [2.45, 2.75) is 23.2 Å². The smallest absolute Gasteiger partial charge is 0.253 e. The number of benzene rings is 1. The molecule has 0 saturated carbocycles. The molecule has 1 amide bonds. The topological polar surface area (TPSA) is 96.7 Å². The maximum Gasteiger partial charge on any atom is 0.253 e. The zero-order chi connectivity index (χ0) is 20.7. The summed E-state index contributed by atoms with van der Waals surface area (Å²) >= 11 is 1.14. The van der Waals surface area contributed by atoms with E-state index in [1.54, 1.807) is 40.2 Å². The van der Waals surface area contributed by atoms with Crippen LogP contribution in [0, 0.1) is 0 Å². The lowest BCUT2D eigenvalue weighted by atomic mass is 9.95. The molecule has 4 aromatic rings. The largest absolute Gasteiger partial charge is 0.293 e. The van der Waals surface area contributed by atoms with Crippen LogP contribution >= 0.6 is 11.3 Å². The van der Waals surface area contributed by atoms with E-state index in [2.05, 4.69) is 15.5 Å². The second kappa shape index (κ2) is 7.31. The van der Waals surface area contributed by atoms with Crippen LogP contribution in [0.2, 0.25) is 0 Å². The van der Waals surface area contributed by atoms with Gasteiger partial charge < -0.3 is 0 Å². The van der Waals surface area contributed by atoms with E-state index in [0.717, 1.165) is 22.5 Å². The molecule has 0 unspecified atom stereocenters. The summed E-state index contributed by atoms with van der Waals surface area (Å²) in [6.45, 7) is 0.134. The molecule has 1 atom stereocenters.